The molecule has 0 radical (unpaired) electrons. The third kappa shape index (κ3) is 24.1. The first-order valence-corrected chi connectivity index (χ1v) is 27.1. The Morgan fingerprint density at radius 1 is 0.462 bits per heavy atom. The number of rotatable bonds is 37. The van der Waals surface area contributed by atoms with E-state index in [0.29, 0.717) is 50.6 Å². The third-order valence-electron chi connectivity index (χ3n) is 13.4. The monoisotopic (exact) mass is 1090 g/mol. The van der Waals surface area contributed by atoms with Crippen LogP contribution in [0.3, 0.4) is 0 Å². The summed E-state index contributed by atoms with van der Waals surface area (Å²) < 4.78 is 0. The molecule has 16 N–H and O–H groups in total. The lowest BCUT2D eigenvalue weighted by molar-refractivity contribution is -0.144. The highest BCUT2D eigenvalue weighted by Crippen LogP contribution is 2.15. The minimum Gasteiger partial charge on any atom is -0.481 e. The fraction of sp³-hybridized carbons (Fsp3) is 0.600. The number of nitrogens with one attached hydrogen (secondary N) is 8. The van der Waals surface area contributed by atoms with Crippen molar-refractivity contribution in [1.29, 1.82) is 0 Å². The number of benzene rings is 2. The molecule has 23 nitrogen and oxygen atoms in total. The van der Waals surface area contributed by atoms with E-state index in [1.165, 1.54) is 6.92 Å². The predicted octanol–water partition coefficient (Wildman–Crippen LogP) is 0.653. The van der Waals surface area contributed by atoms with Gasteiger partial charge < -0.3 is 69.9 Å². The molecule has 0 heterocycles. The molecule has 0 aliphatic carbocycles. The van der Waals surface area contributed by atoms with Crippen LogP contribution in [0.1, 0.15) is 124 Å². The molecule has 2 aromatic rings. The largest absolute Gasteiger partial charge is 0.481 e. The van der Waals surface area contributed by atoms with Crippen molar-refractivity contribution in [1.82, 2.24) is 42.5 Å². The predicted molar refractivity (Wildman–Crippen MR) is 293 cm³/mol. The number of nitrogens with two attached hydrogens (primary N) is 3. The number of hydrogen-bond donors (Lipinski definition) is 13. The summed E-state index contributed by atoms with van der Waals surface area (Å²) in [4.78, 5) is 135. The number of carbonyl (C=O) groups is 10. The Morgan fingerprint density at radius 3 is 1.35 bits per heavy atom. The third-order valence-corrected chi connectivity index (χ3v) is 13.4. The summed E-state index contributed by atoms with van der Waals surface area (Å²) in [6.07, 6.45) is 2.07. The zero-order valence-electron chi connectivity index (χ0n) is 46.3. The van der Waals surface area contributed by atoms with Crippen molar-refractivity contribution in [2.24, 2.45) is 35.0 Å². The number of hydrogen-bond acceptors (Lipinski definition) is 13. The smallest absolute Gasteiger partial charge is 0.326 e. The number of carboxylic acids is 2. The van der Waals surface area contributed by atoms with Crippen molar-refractivity contribution in [2.75, 3.05) is 13.1 Å². The summed E-state index contributed by atoms with van der Waals surface area (Å²) >= 11 is 0. The molecule has 0 fully saturated rings. The maximum Gasteiger partial charge on any atom is 0.326 e. The van der Waals surface area contributed by atoms with Crippen molar-refractivity contribution >= 4 is 59.2 Å². The lowest BCUT2D eigenvalue weighted by Crippen LogP contribution is -2.61. The van der Waals surface area contributed by atoms with E-state index in [4.69, 9.17) is 17.2 Å². The second kappa shape index (κ2) is 35.4. The minimum atomic E-state index is -1.79. The number of unbranched alkanes of at least 4 members (excludes halogenated alkanes) is 2. The Balaban J connectivity index is 2.33. The Hall–Kier alpha value is -6.98. The SMILES string of the molecule is CC[C@H](C)[C@H](NC(=O)[C@H](Cc1ccccc1)NC(=O)[C@@H](NC(=O)[C@H](CC(=O)O)NC(=O)[C@H](C)NC(=O)[C@H](CCCCN)NC(=O)[C@H](CCCCN)NC(=O)[C@H](CC(C)C)NC(=O)[C@@H](N)Cc1ccccc1)[C@@H](C)CC)C(=O)O. The summed E-state index contributed by atoms with van der Waals surface area (Å²) in [5, 5.41) is 40.5. The maximum absolute atomic E-state index is 14.1. The average Bonchev–Trinajstić information content (AvgIpc) is 3.40. The second-order valence-electron chi connectivity index (χ2n) is 20.4. The van der Waals surface area contributed by atoms with Crippen LogP contribution >= 0.6 is 0 Å². The molecule has 0 aromatic heterocycles. The van der Waals surface area contributed by atoms with Gasteiger partial charge in [-0.15, -0.1) is 0 Å². The minimum absolute atomic E-state index is 0.0485. The quantitative estimate of drug-likeness (QED) is 0.0413. The van der Waals surface area contributed by atoms with Crippen LogP contribution in [0.15, 0.2) is 60.7 Å². The van der Waals surface area contributed by atoms with E-state index in [1.54, 1.807) is 58.0 Å². The molecule has 2 aromatic carbocycles. The Kier molecular flexibility index (Phi) is 30.5. The van der Waals surface area contributed by atoms with Crippen molar-refractivity contribution in [3.05, 3.63) is 71.8 Å². The van der Waals surface area contributed by atoms with Crippen LogP contribution < -0.4 is 59.7 Å². The van der Waals surface area contributed by atoms with Gasteiger partial charge in [0.1, 0.15) is 48.3 Å². The van der Waals surface area contributed by atoms with E-state index in [0.717, 1.165) is 5.56 Å². The molecule has 0 saturated carbocycles. The molecule has 2 rings (SSSR count). The van der Waals surface area contributed by atoms with E-state index in [-0.39, 0.29) is 44.6 Å². The Bertz CT molecular complexity index is 2260. The lowest BCUT2D eigenvalue weighted by atomic mass is 9.96. The summed E-state index contributed by atoms with van der Waals surface area (Å²) in [6.45, 7) is 12.4. The topological polar surface area (TPSA) is 385 Å². The summed E-state index contributed by atoms with van der Waals surface area (Å²) in [5.74, 6) is -10.4. The van der Waals surface area contributed by atoms with Crippen LogP contribution in [-0.4, -0.2) is 137 Å². The first-order chi connectivity index (χ1) is 37.0. The first kappa shape index (κ1) is 67.1. The van der Waals surface area contributed by atoms with Crippen molar-refractivity contribution < 1.29 is 58.2 Å². The van der Waals surface area contributed by atoms with Gasteiger partial charge in [-0.2, -0.15) is 0 Å². The van der Waals surface area contributed by atoms with Crippen LogP contribution in [0.2, 0.25) is 0 Å². The number of aliphatic carboxylic acids is 2. The normalized spacial score (nSPS) is 15.4. The van der Waals surface area contributed by atoms with E-state index in [2.05, 4.69) is 42.5 Å². The van der Waals surface area contributed by atoms with Crippen LogP contribution in [-0.2, 0) is 60.8 Å². The highest BCUT2D eigenvalue weighted by atomic mass is 16.4. The standard InChI is InChI=1S/C55H87N11O12/c1-8-33(5)45(54(76)64-42(30-37-22-14-11-15-23-37)52(74)66-46(55(77)78)34(6)9-2)65-53(75)43(31-44(67)68)62-47(69)35(7)59-49(71)39(24-16-18-26-56)60-50(72)40(25-17-19-27-57)61-51(73)41(28-32(3)4)63-48(70)38(58)29-36-20-12-10-13-21-36/h10-15,20-23,32-35,38-43,45-46H,8-9,16-19,24-31,56-58H2,1-7H3,(H,59,71)(H,60,72)(H,61,73)(H,62,69)(H,63,70)(H,64,76)(H,65,75)(H,66,74)(H,67,68)(H,77,78)/t33-,34-,35-,38-,39-,40-,41-,42-,43-,45-,46-/m0/s1. The van der Waals surface area contributed by atoms with Crippen molar-refractivity contribution in [3.8, 4) is 0 Å². The van der Waals surface area contributed by atoms with Crippen LogP contribution in [0.4, 0.5) is 0 Å². The van der Waals surface area contributed by atoms with Gasteiger partial charge in [0.25, 0.3) is 0 Å². The van der Waals surface area contributed by atoms with Gasteiger partial charge in [-0.25, -0.2) is 4.79 Å². The van der Waals surface area contributed by atoms with Gasteiger partial charge in [-0.1, -0.05) is 115 Å². The number of amides is 8. The van der Waals surface area contributed by atoms with Crippen molar-refractivity contribution in [3.63, 3.8) is 0 Å². The molecule has 11 atom stereocenters. The maximum atomic E-state index is 14.1. The molecular weight excluding hydrogens is 1010 g/mol. The molecule has 78 heavy (non-hydrogen) atoms. The molecule has 0 saturated heterocycles. The van der Waals surface area contributed by atoms with E-state index in [1.807, 2.05) is 44.2 Å². The van der Waals surface area contributed by atoms with E-state index >= 15 is 0 Å². The van der Waals surface area contributed by atoms with Gasteiger partial charge in [0.15, 0.2) is 0 Å². The zero-order valence-corrected chi connectivity index (χ0v) is 46.3. The average molecular weight is 1090 g/mol. The molecule has 0 bridgehead atoms. The van der Waals surface area contributed by atoms with E-state index in [9.17, 15) is 58.2 Å². The Morgan fingerprint density at radius 2 is 0.872 bits per heavy atom. The van der Waals surface area contributed by atoms with Crippen LogP contribution in [0, 0.1) is 17.8 Å². The van der Waals surface area contributed by atoms with Crippen LogP contribution in [0.25, 0.3) is 0 Å². The van der Waals surface area contributed by atoms with Gasteiger partial charge in [-0.05, 0) is 100 Å². The van der Waals surface area contributed by atoms with Gasteiger partial charge in [0.2, 0.25) is 47.3 Å². The molecule has 0 aliphatic heterocycles. The molecule has 8 amide bonds. The summed E-state index contributed by atoms with van der Waals surface area (Å²) in [5.41, 5.74) is 19.2. The van der Waals surface area contributed by atoms with Crippen molar-refractivity contribution in [2.45, 2.75) is 180 Å². The molecule has 0 spiro atoms. The fourth-order valence-electron chi connectivity index (χ4n) is 8.28. The van der Waals surface area contributed by atoms with Gasteiger partial charge in [-0.3, -0.25) is 43.2 Å². The fourth-order valence-corrected chi connectivity index (χ4v) is 8.28. The first-order valence-electron chi connectivity index (χ1n) is 27.1. The molecule has 0 unspecified atom stereocenters. The lowest BCUT2D eigenvalue weighted by Gasteiger charge is -2.29. The number of carbonyl (C=O) groups excluding carboxylic acids is 8. The van der Waals surface area contributed by atoms with E-state index < -0.39 is 132 Å². The highest BCUT2D eigenvalue weighted by molar-refractivity contribution is 5.99. The number of carboxylic acid groups (broad SMARTS) is 2. The Labute approximate surface area is 458 Å². The van der Waals surface area contributed by atoms with Gasteiger partial charge >= 0.3 is 11.9 Å². The summed E-state index contributed by atoms with van der Waals surface area (Å²) in [6, 6.07) is 6.09. The van der Waals surface area contributed by atoms with Gasteiger partial charge in [0.05, 0.1) is 12.5 Å². The highest BCUT2D eigenvalue weighted by Gasteiger charge is 2.37. The zero-order chi connectivity index (χ0) is 58.5. The van der Waals surface area contributed by atoms with Gasteiger partial charge in [0, 0.05) is 6.42 Å². The molecular formula is C55H87N11O12. The second-order valence-corrected chi connectivity index (χ2v) is 20.4. The molecule has 434 valence electrons. The molecule has 23 heteroatoms. The summed E-state index contributed by atoms with van der Waals surface area (Å²) in [7, 11) is 0. The molecule has 0 aliphatic rings. The van der Waals surface area contributed by atoms with Crippen LogP contribution in [0.5, 0.6) is 0 Å².